The molecular weight excluding hydrogens is 462 g/mol. The first-order chi connectivity index (χ1) is 16.1. The molecule has 0 atom stereocenters. The summed E-state index contributed by atoms with van der Waals surface area (Å²) < 4.78 is 11.2. The van der Waals surface area contributed by atoms with Crippen LogP contribution in [0.2, 0.25) is 5.02 Å². The van der Waals surface area contributed by atoms with Gasteiger partial charge in [-0.2, -0.15) is 10.0 Å². The molecule has 0 unspecified atom stereocenters. The second kappa shape index (κ2) is 9.38. The van der Waals surface area contributed by atoms with Gasteiger partial charge in [-0.15, -0.1) is 5.10 Å². The number of aliphatic imine (C=N–C) groups is 1. The molecule has 3 heterocycles. The van der Waals surface area contributed by atoms with Crippen molar-refractivity contribution < 1.29 is 14.3 Å². The second-order valence-corrected chi connectivity index (χ2v) is 8.79. The van der Waals surface area contributed by atoms with Gasteiger partial charge in [0.05, 0.1) is 18.8 Å². The van der Waals surface area contributed by atoms with Crippen LogP contribution >= 0.6 is 23.4 Å². The zero-order chi connectivity index (χ0) is 22.8. The molecule has 2 aromatic rings. The zero-order valence-electron chi connectivity index (χ0n) is 17.5. The summed E-state index contributed by atoms with van der Waals surface area (Å²) in [4.78, 5) is 18.9. The minimum atomic E-state index is -0.448. The highest BCUT2D eigenvalue weighted by Gasteiger charge is 2.37. The maximum Gasteiger partial charge on any atom is 0.283 e. The molecule has 0 spiro atoms. The van der Waals surface area contributed by atoms with E-state index in [1.54, 1.807) is 6.08 Å². The van der Waals surface area contributed by atoms with E-state index in [9.17, 15) is 4.79 Å². The number of hydrogen-bond acceptors (Lipinski definition) is 7. The first-order valence-electron chi connectivity index (χ1n) is 10.4. The second-order valence-electron chi connectivity index (χ2n) is 7.45. The topological polar surface area (TPSA) is 90.6 Å². The van der Waals surface area contributed by atoms with Gasteiger partial charge < -0.3 is 14.4 Å². The largest absolute Gasteiger partial charge is 0.489 e. The summed E-state index contributed by atoms with van der Waals surface area (Å²) in [6.07, 6.45) is 1.65. The van der Waals surface area contributed by atoms with Crippen molar-refractivity contribution in [1.29, 1.82) is 5.41 Å². The molecule has 1 amide bonds. The van der Waals surface area contributed by atoms with Crippen LogP contribution in [0.3, 0.4) is 0 Å². The van der Waals surface area contributed by atoms with Crippen molar-refractivity contribution in [2.24, 2.45) is 10.1 Å². The quantitative estimate of drug-likeness (QED) is 0.667. The Labute approximate surface area is 200 Å². The lowest BCUT2D eigenvalue weighted by Gasteiger charge is -2.26. The van der Waals surface area contributed by atoms with E-state index in [1.807, 2.05) is 48.5 Å². The van der Waals surface area contributed by atoms with Crippen molar-refractivity contribution in [3.05, 3.63) is 70.3 Å². The normalized spacial score (nSPS) is 19.5. The highest BCUT2D eigenvalue weighted by molar-refractivity contribution is 8.26. The van der Waals surface area contributed by atoms with Gasteiger partial charge in [-0.25, -0.2) is 0 Å². The summed E-state index contributed by atoms with van der Waals surface area (Å²) in [6.45, 7) is 3.07. The van der Waals surface area contributed by atoms with E-state index in [-0.39, 0.29) is 11.4 Å². The van der Waals surface area contributed by atoms with E-state index < -0.39 is 5.91 Å². The molecule has 33 heavy (non-hydrogen) atoms. The van der Waals surface area contributed by atoms with E-state index in [4.69, 9.17) is 26.5 Å². The average molecular weight is 482 g/mol. The zero-order valence-corrected chi connectivity index (χ0v) is 19.1. The van der Waals surface area contributed by atoms with Gasteiger partial charge in [0, 0.05) is 23.7 Å². The number of nitrogens with one attached hydrogen (secondary N) is 1. The molecule has 10 heteroatoms. The smallest absolute Gasteiger partial charge is 0.283 e. The third-order valence-corrected chi connectivity index (χ3v) is 6.61. The molecule has 0 radical (unpaired) electrons. The number of morpholine rings is 1. The molecule has 2 aromatic carbocycles. The van der Waals surface area contributed by atoms with Gasteiger partial charge in [-0.3, -0.25) is 10.2 Å². The molecule has 0 saturated carbocycles. The summed E-state index contributed by atoms with van der Waals surface area (Å²) in [5.74, 6) is 0.245. The fraction of sp³-hybridized carbons (Fsp3) is 0.217. The predicted octanol–water partition coefficient (Wildman–Crippen LogP) is 3.83. The molecule has 0 aromatic heterocycles. The first kappa shape index (κ1) is 21.7. The fourth-order valence-corrected chi connectivity index (χ4v) is 4.60. The Morgan fingerprint density at radius 1 is 1.12 bits per heavy atom. The Morgan fingerprint density at radius 3 is 2.64 bits per heavy atom. The number of benzene rings is 2. The summed E-state index contributed by atoms with van der Waals surface area (Å²) >= 11 is 7.47. The molecule has 1 fully saturated rings. The number of thioether (sulfide) groups is 1. The number of carbonyl (C=O) groups is 1. The molecule has 168 valence electrons. The Hall–Kier alpha value is -3.14. The molecule has 3 aliphatic rings. The Morgan fingerprint density at radius 2 is 1.88 bits per heavy atom. The third-order valence-electron chi connectivity index (χ3n) is 5.27. The summed E-state index contributed by atoms with van der Waals surface area (Å²) in [5, 5.41) is 16.3. The van der Waals surface area contributed by atoms with E-state index in [0.717, 1.165) is 29.4 Å². The van der Waals surface area contributed by atoms with Crippen LogP contribution in [0.1, 0.15) is 11.1 Å². The third kappa shape index (κ3) is 4.66. The lowest BCUT2D eigenvalue weighted by atomic mass is 10.1. The molecule has 5 rings (SSSR count). The number of fused-ring (bicyclic) bond motifs is 1. The minimum absolute atomic E-state index is 0.0137. The number of halogens is 1. The van der Waals surface area contributed by atoms with E-state index in [2.05, 4.69) is 15.0 Å². The maximum absolute atomic E-state index is 12.6. The molecule has 1 saturated heterocycles. The molecule has 1 N–H and O–H groups in total. The van der Waals surface area contributed by atoms with Gasteiger partial charge in [0.15, 0.2) is 11.0 Å². The standard InChI is InChI=1S/C23H20ClN5O3S/c24-19-4-2-1-3-16(19)14-32-17-7-5-15(6-8-17)13-18-20(25)29-22(26-21(18)30)33-23(27-29)28-9-11-31-12-10-28/h1-8,13,25H,9-12,14H2/b18-13+,25-20?. The SMILES string of the molecule is N=C1/C(=C\c2ccc(OCc3ccccc3Cl)cc2)C(=O)N=C2SC(N3CCOCC3)=NN12. The fourth-order valence-electron chi connectivity index (χ4n) is 3.47. The van der Waals surface area contributed by atoms with Crippen LogP contribution < -0.4 is 4.74 Å². The van der Waals surface area contributed by atoms with Crippen molar-refractivity contribution in [3.63, 3.8) is 0 Å². The number of amides is 1. The number of nitrogens with zero attached hydrogens (tertiary/aromatic N) is 4. The van der Waals surface area contributed by atoms with E-state index >= 15 is 0 Å². The predicted molar refractivity (Wildman–Crippen MR) is 130 cm³/mol. The maximum atomic E-state index is 12.6. The number of hydrazone groups is 1. The number of ether oxygens (including phenoxy) is 2. The first-order valence-corrected chi connectivity index (χ1v) is 11.6. The van der Waals surface area contributed by atoms with Crippen LogP contribution in [0.5, 0.6) is 5.75 Å². The Kier molecular flexibility index (Phi) is 6.17. The average Bonchev–Trinajstić information content (AvgIpc) is 3.27. The van der Waals surface area contributed by atoms with Crippen molar-refractivity contribution in [2.75, 3.05) is 26.3 Å². The highest BCUT2D eigenvalue weighted by Crippen LogP contribution is 2.30. The molecular formula is C23H20ClN5O3S. The van der Waals surface area contributed by atoms with Gasteiger partial charge in [0.2, 0.25) is 5.17 Å². The van der Waals surface area contributed by atoms with Crippen LogP contribution in [0.15, 0.2) is 64.2 Å². The van der Waals surface area contributed by atoms with Crippen molar-refractivity contribution >= 4 is 51.5 Å². The van der Waals surface area contributed by atoms with Gasteiger partial charge in [0.1, 0.15) is 12.4 Å². The number of amidine groups is 3. The molecule has 3 aliphatic heterocycles. The monoisotopic (exact) mass is 481 g/mol. The number of carbonyl (C=O) groups excluding carboxylic acids is 1. The Balaban J connectivity index is 1.29. The van der Waals surface area contributed by atoms with Crippen LogP contribution in [0, 0.1) is 5.41 Å². The molecule has 8 nitrogen and oxygen atoms in total. The number of hydrogen-bond donors (Lipinski definition) is 1. The molecule has 0 bridgehead atoms. The van der Waals surface area contributed by atoms with Crippen LogP contribution in [-0.2, 0) is 16.1 Å². The molecule has 0 aliphatic carbocycles. The van der Waals surface area contributed by atoms with Gasteiger partial charge >= 0.3 is 0 Å². The summed E-state index contributed by atoms with van der Waals surface area (Å²) in [5.41, 5.74) is 1.85. The summed E-state index contributed by atoms with van der Waals surface area (Å²) in [6, 6.07) is 14.8. The van der Waals surface area contributed by atoms with Crippen molar-refractivity contribution in [3.8, 4) is 5.75 Å². The van der Waals surface area contributed by atoms with Gasteiger partial charge in [0.25, 0.3) is 5.91 Å². The van der Waals surface area contributed by atoms with Crippen LogP contribution in [0.4, 0.5) is 0 Å². The number of rotatable bonds is 4. The van der Waals surface area contributed by atoms with Gasteiger partial charge in [-0.1, -0.05) is 41.9 Å². The minimum Gasteiger partial charge on any atom is -0.489 e. The van der Waals surface area contributed by atoms with Gasteiger partial charge in [-0.05, 0) is 41.6 Å². The van der Waals surface area contributed by atoms with Crippen molar-refractivity contribution in [2.45, 2.75) is 6.61 Å². The Bertz CT molecular complexity index is 1190. The highest BCUT2D eigenvalue weighted by atomic mass is 35.5. The van der Waals surface area contributed by atoms with Crippen molar-refractivity contribution in [1.82, 2.24) is 9.91 Å². The van der Waals surface area contributed by atoms with E-state index in [0.29, 0.717) is 35.8 Å². The van der Waals surface area contributed by atoms with Crippen LogP contribution in [-0.4, -0.2) is 58.3 Å². The lowest BCUT2D eigenvalue weighted by molar-refractivity contribution is -0.114. The summed E-state index contributed by atoms with van der Waals surface area (Å²) in [7, 11) is 0. The lowest BCUT2D eigenvalue weighted by Crippen LogP contribution is -2.39. The van der Waals surface area contributed by atoms with Crippen LogP contribution in [0.25, 0.3) is 6.08 Å². The van der Waals surface area contributed by atoms with E-state index in [1.165, 1.54) is 16.8 Å².